The molecule has 1 aliphatic heterocycles. The van der Waals surface area contributed by atoms with E-state index < -0.39 is 12.0 Å². The molecule has 2 rings (SSSR count). The summed E-state index contributed by atoms with van der Waals surface area (Å²) < 4.78 is 5.38. The minimum Gasteiger partial charge on any atom is -0.480 e. The molecule has 110 valence electrons. The van der Waals surface area contributed by atoms with E-state index >= 15 is 0 Å². The normalized spacial score (nSPS) is 17.2. The lowest BCUT2D eigenvalue weighted by Crippen LogP contribution is -2.38. The van der Waals surface area contributed by atoms with Gasteiger partial charge in [0, 0.05) is 25.3 Å². The number of benzene rings is 1. The topological polar surface area (TPSA) is 53.0 Å². The Bertz CT molecular complexity index is 458. The van der Waals surface area contributed by atoms with Crippen LogP contribution >= 0.6 is 0 Å². The van der Waals surface area contributed by atoms with Gasteiger partial charge >= 0.3 is 5.97 Å². The minimum absolute atomic E-state index is 0.493. The van der Waals surface area contributed by atoms with Gasteiger partial charge in [0.05, 0.1) is 13.2 Å². The first-order valence-corrected chi connectivity index (χ1v) is 6.93. The third-order valence-corrected chi connectivity index (χ3v) is 3.78. The van der Waals surface area contributed by atoms with Crippen LogP contribution in [0.5, 0.6) is 0 Å². The molecule has 1 aromatic rings. The highest BCUT2D eigenvalue weighted by Crippen LogP contribution is 2.23. The van der Waals surface area contributed by atoms with Crippen molar-refractivity contribution < 1.29 is 14.6 Å². The Morgan fingerprint density at radius 1 is 1.40 bits per heavy atom. The molecule has 0 amide bonds. The maximum atomic E-state index is 11.0. The van der Waals surface area contributed by atoms with E-state index in [1.807, 2.05) is 24.1 Å². The average molecular weight is 278 g/mol. The molecule has 1 aromatic carbocycles. The summed E-state index contributed by atoms with van der Waals surface area (Å²) in [6, 6.07) is 7.69. The number of carboxylic acid groups (broad SMARTS) is 1. The number of aliphatic carboxylic acids is 1. The predicted octanol–water partition coefficient (Wildman–Crippen LogP) is 1.43. The maximum Gasteiger partial charge on any atom is 0.320 e. The van der Waals surface area contributed by atoms with Gasteiger partial charge in [-0.1, -0.05) is 18.2 Å². The van der Waals surface area contributed by atoms with Gasteiger partial charge in [-0.05, 0) is 25.6 Å². The predicted molar refractivity (Wildman–Crippen MR) is 78.0 cm³/mol. The van der Waals surface area contributed by atoms with E-state index in [0.29, 0.717) is 6.54 Å². The van der Waals surface area contributed by atoms with Crippen molar-refractivity contribution in [3.8, 4) is 0 Å². The van der Waals surface area contributed by atoms with Gasteiger partial charge in [0.1, 0.15) is 6.04 Å². The van der Waals surface area contributed by atoms with Crippen LogP contribution in [0.2, 0.25) is 0 Å². The third-order valence-electron chi connectivity index (χ3n) is 3.78. The van der Waals surface area contributed by atoms with Gasteiger partial charge in [0.2, 0.25) is 0 Å². The summed E-state index contributed by atoms with van der Waals surface area (Å²) >= 11 is 0. The van der Waals surface area contributed by atoms with Crippen LogP contribution < -0.4 is 4.90 Å². The molecule has 0 unspecified atom stereocenters. The molecule has 5 nitrogen and oxygen atoms in total. The standard InChI is InChI=1S/C15H22N2O3/c1-12(15(18)19)16(2)11-13-5-3-4-6-14(13)17-7-9-20-10-8-17/h3-6,12H,7-11H2,1-2H3,(H,18,19)/t12-/m1/s1. The van der Waals surface area contributed by atoms with Gasteiger partial charge in [0.15, 0.2) is 0 Å². The third kappa shape index (κ3) is 3.49. The van der Waals surface area contributed by atoms with E-state index in [0.717, 1.165) is 31.9 Å². The van der Waals surface area contributed by atoms with Crippen LogP contribution in [-0.2, 0) is 16.1 Å². The highest BCUT2D eigenvalue weighted by atomic mass is 16.5. The Balaban J connectivity index is 2.13. The zero-order valence-corrected chi connectivity index (χ0v) is 12.1. The van der Waals surface area contributed by atoms with E-state index in [9.17, 15) is 4.79 Å². The van der Waals surface area contributed by atoms with Crippen LogP contribution in [0.4, 0.5) is 5.69 Å². The monoisotopic (exact) mass is 278 g/mol. The number of anilines is 1. The molecule has 1 heterocycles. The number of nitrogens with zero attached hydrogens (tertiary/aromatic N) is 2. The average Bonchev–Trinajstić information content (AvgIpc) is 2.47. The van der Waals surface area contributed by atoms with E-state index in [2.05, 4.69) is 17.0 Å². The first-order valence-electron chi connectivity index (χ1n) is 6.93. The van der Waals surface area contributed by atoms with Gasteiger partial charge < -0.3 is 14.7 Å². The molecular weight excluding hydrogens is 256 g/mol. The number of ether oxygens (including phenoxy) is 1. The quantitative estimate of drug-likeness (QED) is 0.883. The lowest BCUT2D eigenvalue weighted by atomic mass is 10.1. The fraction of sp³-hybridized carbons (Fsp3) is 0.533. The molecular formula is C15H22N2O3. The van der Waals surface area contributed by atoms with E-state index in [-0.39, 0.29) is 0 Å². The second kappa shape index (κ2) is 6.72. The summed E-state index contributed by atoms with van der Waals surface area (Å²) in [5.74, 6) is -0.795. The van der Waals surface area contributed by atoms with Crippen LogP contribution in [0, 0.1) is 0 Å². The molecule has 0 radical (unpaired) electrons. The SMILES string of the molecule is C[C@H](C(=O)O)N(C)Cc1ccccc1N1CCOCC1. The Morgan fingerprint density at radius 3 is 2.70 bits per heavy atom. The number of carbonyl (C=O) groups is 1. The summed E-state index contributed by atoms with van der Waals surface area (Å²) in [5.41, 5.74) is 2.34. The van der Waals surface area contributed by atoms with Crippen molar-refractivity contribution in [2.45, 2.75) is 19.5 Å². The first-order chi connectivity index (χ1) is 9.59. The molecule has 1 atom stereocenters. The number of hydrogen-bond acceptors (Lipinski definition) is 4. The zero-order valence-electron chi connectivity index (χ0n) is 12.1. The fourth-order valence-electron chi connectivity index (χ4n) is 2.35. The van der Waals surface area contributed by atoms with Crippen molar-refractivity contribution in [3.63, 3.8) is 0 Å². The van der Waals surface area contributed by atoms with Crippen LogP contribution in [0.15, 0.2) is 24.3 Å². The van der Waals surface area contributed by atoms with Crippen molar-refractivity contribution in [2.75, 3.05) is 38.3 Å². The summed E-state index contributed by atoms with van der Waals surface area (Å²) in [6.45, 7) is 5.59. The Labute approximate surface area is 119 Å². The van der Waals surface area contributed by atoms with Gasteiger partial charge in [-0.3, -0.25) is 9.69 Å². The highest BCUT2D eigenvalue weighted by Gasteiger charge is 2.20. The second-order valence-corrected chi connectivity index (χ2v) is 5.16. The molecule has 0 bridgehead atoms. The molecule has 20 heavy (non-hydrogen) atoms. The Morgan fingerprint density at radius 2 is 2.05 bits per heavy atom. The molecule has 1 fully saturated rings. The Kier molecular flexibility index (Phi) is 4.98. The number of carboxylic acids is 1. The van der Waals surface area contributed by atoms with Crippen LogP contribution in [0.1, 0.15) is 12.5 Å². The van der Waals surface area contributed by atoms with Crippen molar-refractivity contribution >= 4 is 11.7 Å². The van der Waals surface area contributed by atoms with E-state index in [1.54, 1.807) is 6.92 Å². The summed E-state index contributed by atoms with van der Waals surface area (Å²) in [7, 11) is 1.84. The second-order valence-electron chi connectivity index (χ2n) is 5.16. The maximum absolute atomic E-state index is 11.0. The molecule has 1 N–H and O–H groups in total. The van der Waals surface area contributed by atoms with Crippen LogP contribution in [-0.4, -0.2) is 55.4 Å². The van der Waals surface area contributed by atoms with Gasteiger partial charge in [-0.15, -0.1) is 0 Å². The number of likely N-dealkylation sites (N-methyl/N-ethyl adjacent to an activating group) is 1. The van der Waals surface area contributed by atoms with E-state index in [1.165, 1.54) is 5.69 Å². The number of hydrogen-bond donors (Lipinski definition) is 1. The molecule has 0 spiro atoms. The Hall–Kier alpha value is -1.59. The zero-order chi connectivity index (χ0) is 14.5. The minimum atomic E-state index is -0.795. The molecule has 0 aromatic heterocycles. The van der Waals surface area contributed by atoms with Gasteiger partial charge in [-0.2, -0.15) is 0 Å². The molecule has 1 aliphatic rings. The number of rotatable bonds is 5. The lowest BCUT2D eigenvalue weighted by Gasteiger charge is -2.32. The van der Waals surface area contributed by atoms with Crippen molar-refractivity contribution in [1.29, 1.82) is 0 Å². The van der Waals surface area contributed by atoms with Crippen molar-refractivity contribution in [1.82, 2.24) is 4.90 Å². The van der Waals surface area contributed by atoms with Crippen molar-refractivity contribution in [3.05, 3.63) is 29.8 Å². The smallest absolute Gasteiger partial charge is 0.320 e. The van der Waals surface area contributed by atoms with Crippen LogP contribution in [0.25, 0.3) is 0 Å². The van der Waals surface area contributed by atoms with Crippen molar-refractivity contribution in [2.24, 2.45) is 0 Å². The largest absolute Gasteiger partial charge is 0.480 e. The van der Waals surface area contributed by atoms with E-state index in [4.69, 9.17) is 9.84 Å². The molecule has 0 saturated carbocycles. The summed E-state index contributed by atoms with van der Waals surface area (Å²) in [4.78, 5) is 15.2. The van der Waals surface area contributed by atoms with Crippen LogP contribution in [0.3, 0.4) is 0 Å². The highest BCUT2D eigenvalue weighted by molar-refractivity contribution is 5.72. The van der Waals surface area contributed by atoms with Gasteiger partial charge in [0.25, 0.3) is 0 Å². The molecule has 5 heteroatoms. The lowest BCUT2D eigenvalue weighted by molar-refractivity contribution is -0.142. The van der Waals surface area contributed by atoms with Gasteiger partial charge in [-0.25, -0.2) is 0 Å². The fourth-order valence-corrected chi connectivity index (χ4v) is 2.35. The molecule has 1 saturated heterocycles. The first kappa shape index (κ1) is 14.8. The summed E-state index contributed by atoms with van der Waals surface area (Å²) in [6.07, 6.45) is 0. The number of para-hydroxylation sites is 1. The number of morpholine rings is 1. The summed E-state index contributed by atoms with van der Waals surface area (Å²) in [5, 5.41) is 9.08. The molecule has 0 aliphatic carbocycles.